The molecule has 1 heteroatoms. The second kappa shape index (κ2) is 8.52. The fourth-order valence-electron chi connectivity index (χ4n) is 0.927. The summed E-state index contributed by atoms with van der Waals surface area (Å²) in [5.74, 6) is 0. The molecule has 1 rings (SSSR count). The van der Waals surface area contributed by atoms with Gasteiger partial charge in [-0.05, 0) is 26.3 Å². The summed E-state index contributed by atoms with van der Waals surface area (Å²) >= 11 is 0. The van der Waals surface area contributed by atoms with Crippen LogP contribution in [0, 0.1) is 0 Å². The lowest BCUT2D eigenvalue weighted by atomic mass is 10.1. The summed E-state index contributed by atoms with van der Waals surface area (Å²) < 4.78 is 4.83. The Morgan fingerprint density at radius 2 is 1.64 bits per heavy atom. The predicted octanol–water partition coefficient (Wildman–Crippen LogP) is 3.76. The number of rotatable bonds is 3. The first kappa shape index (κ1) is 12.9. The van der Waals surface area contributed by atoms with Crippen LogP contribution in [-0.2, 0) is 4.74 Å². The van der Waals surface area contributed by atoms with Crippen LogP contribution in [0.25, 0.3) is 5.57 Å². The van der Waals surface area contributed by atoms with Crippen molar-refractivity contribution in [2.45, 2.75) is 20.8 Å². The molecule has 0 aliphatic rings. The quantitative estimate of drug-likeness (QED) is 0.708. The number of hydrogen-bond donors (Lipinski definition) is 0. The molecule has 0 aliphatic carbocycles. The largest absolute Gasteiger partial charge is 0.382 e. The molecule has 0 bridgehead atoms. The lowest BCUT2D eigenvalue weighted by molar-refractivity contribution is 0.162. The van der Waals surface area contributed by atoms with Gasteiger partial charge in [0.15, 0.2) is 0 Å². The zero-order valence-corrected chi connectivity index (χ0v) is 9.42. The van der Waals surface area contributed by atoms with Gasteiger partial charge in [-0.25, -0.2) is 0 Å². The summed E-state index contributed by atoms with van der Waals surface area (Å²) in [6, 6.07) is 10.2. The van der Waals surface area contributed by atoms with E-state index in [0.29, 0.717) is 0 Å². The summed E-state index contributed by atoms with van der Waals surface area (Å²) in [4.78, 5) is 0. The Bertz CT molecular complexity index is 237. The van der Waals surface area contributed by atoms with Crippen LogP contribution in [0.4, 0.5) is 0 Å². The van der Waals surface area contributed by atoms with Crippen molar-refractivity contribution in [2.24, 2.45) is 0 Å². The molecule has 0 amide bonds. The van der Waals surface area contributed by atoms with Crippen molar-refractivity contribution in [3.63, 3.8) is 0 Å². The molecule has 0 aliphatic heterocycles. The summed E-state index contributed by atoms with van der Waals surface area (Å²) in [7, 11) is 0. The minimum atomic E-state index is 0.844. The molecule has 14 heavy (non-hydrogen) atoms. The molecule has 1 nitrogen and oxygen atoms in total. The summed E-state index contributed by atoms with van der Waals surface area (Å²) in [6.07, 6.45) is 0. The molecule has 0 heterocycles. The fraction of sp³-hybridized carbons (Fsp3) is 0.385. The molecule has 1 aromatic rings. The Hall–Kier alpha value is -1.08. The molecular formula is C13H20O. The molecule has 0 atom stereocenters. The predicted molar refractivity (Wildman–Crippen MR) is 63.3 cm³/mol. The Labute approximate surface area is 87.4 Å². The minimum absolute atomic E-state index is 0.844. The summed E-state index contributed by atoms with van der Waals surface area (Å²) in [5, 5.41) is 0. The molecule has 0 saturated carbocycles. The van der Waals surface area contributed by atoms with Crippen molar-refractivity contribution in [2.75, 3.05) is 13.2 Å². The van der Waals surface area contributed by atoms with E-state index in [2.05, 4.69) is 18.7 Å². The van der Waals surface area contributed by atoms with E-state index in [1.54, 1.807) is 0 Å². The van der Waals surface area contributed by atoms with Gasteiger partial charge >= 0.3 is 0 Å². The van der Waals surface area contributed by atoms with Crippen LogP contribution in [0.2, 0.25) is 0 Å². The lowest BCUT2D eigenvalue weighted by Gasteiger charge is -1.94. The minimum Gasteiger partial charge on any atom is -0.382 e. The van der Waals surface area contributed by atoms with Crippen molar-refractivity contribution in [1.29, 1.82) is 0 Å². The topological polar surface area (TPSA) is 9.23 Å². The van der Waals surface area contributed by atoms with E-state index in [0.717, 1.165) is 18.8 Å². The first-order valence-corrected chi connectivity index (χ1v) is 5.01. The van der Waals surface area contributed by atoms with Crippen LogP contribution in [0.5, 0.6) is 0 Å². The van der Waals surface area contributed by atoms with Gasteiger partial charge in [0.2, 0.25) is 0 Å². The molecule has 0 aromatic heterocycles. The maximum atomic E-state index is 4.83. The Morgan fingerprint density at radius 3 is 1.86 bits per heavy atom. The van der Waals surface area contributed by atoms with Gasteiger partial charge in [-0.3, -0.25) is 0 Å². The third kappa shape index (κ3) is 6.44. The zero-order valence-electron chi connectivity index (χ0n) is 9.42. The summed E-state index contributed by atoms with van der Waals surface area (Å²) in [6.45, 7) is 11.5. The average molecular weight is 192 g/mol. The molecule has 1 aromatic carbocycles. The van der Waals surface area contributed by atoms with Crippen molar-refractivity contribution in [1.82, 2.24) is 0 Å². The highest BCUT2D eigenvalue weighted by Gasteiger charge is 1.86. The molecular weight excluding hydrogens is 172 g/mol. The molecule has 78 valence electrons. The maximum absolute atomic E-state index is 4.83. The third-order valence-electron chi connectivity index (χ3n) is 1.67. The number of allylic oxidation sites excluding steroid dienone is 1. The highest BCUT2D eigenvalue weighted by molar-refractivity contribution is 5.60. The average Bonchev–Trinajstić information content (AvgIpc) is 2.21. The summed E-state index contributed by atoms with van der Waals surface area (Å²) in [5.41, 5.74) is 2.34. The first-order valence-electron chi connectivity index (χ1n) is 5.01. The SMILES string of the molecule is C=C(C)c1ccccc1.CCOCC. The molecule has 0 saturated heterocycles. The van der Waals surface area contributed by atoms with Crippen LogP contribution in [0.3, 0.4) is 0 Å². The monoisotopic (exact) mass is 192 g/mol. The second-order valence-electron chi connectivity index (χ2n) is 2.93. The van der Waals surface area contributed by atoms with E-state index in [-0.39, 0.29) is 0 Å². The van der Waals surface area contributed by atoms with Gasteiger partial charge in [-0.2, -0.15) is 0 Å². The highest BCUT2D eigenvalue weighted by atomic mass is 16.5. The molecule has 0 N–H and O–H groups in total. The highest BCUT2D eigenvalue weighted by Crippen LogP contribution is 2.08. The first-order chi connectivity index (χ1) is 6.72. The van der Waals surface area contributed by atoms with Gasteiger partial charge in [0, 0.05) is 13.2 Å². The Balaban J connectivity index is 0.000000292. The van der Waals surface area contributed by atoms with Crippen LogP contribution in [-0.4, -0.2) is 13.2 Å². The van der Waals surface area contributed by atoms with Crippen LogP contribution >= 0.6 is 0 Å². The number of benzene rings is 1. The maximum Gasteiger partial charge on any atom is 0.0437 e. The fourth-order valence-corrected chi connectivity index (χ4v) is 0.927. The smallest absolute Gasteiger partial charge is 0.0437 e. The molecule has 0 spiro atoms. The molecule has 0 radical (unpaired) electrons. The van der Waals surface area contributed by atoms with Gasteiger partial charge in [-0.15, -0.1) is 0 Å². The lowest BCUT2D eigenvalue weighted by Crippen LogP contribution is -1.84. The second-order valence-corrected chi connectivity index (χ2v) is 2.93. The van der Waals surface area contributed by atoms with Crippen LogP contribution in [0.1, 0.15) is 26.3 Å². The zero-order chi connectivity index (χ0) is 10.8. The van der Waals surface area contributed by atoms with E-state index >= 15 is 0 Å². The van der Waals surface area contributed by atoms with Gasteiger partial charge in [0.05, 0.1) is 0 Å². The van der Waals surface area contributed by atoms with E-state index in [4.69, 9.17) is 4.74 Å². The Kier molecular flexibility index (Phi) is 7.86. The van der Waals surface area contributed by atoms with Crippen molar-refractivity contribution >= 4 is 5.57 Å². The molecule has 0 unspecified atom stereocenters. The standard InChI is InChI=1S/C9H10.C4H10O/c1-8(2)9-6-4-3-5-7-9;1-3-5-4-2/h3-7H,1H2,2H3;3-4H2,1-2H3. The number of hydrogen-bond acceptors (Lipinski definition) is 1. The van der Waals surface area contributed by atoms with Crippen molar-refractivity contribution in [3.8, 4) is 0 Å². The van der Waals surface area contributed by atoms with E-state index in [1.807, 2.05) is 39.0 Å². The van der Waals surface area contributed by atoms with Crippen molar-refractivity contribution in [3.05, 3.63) is 42.5 Å². The van der Waals surface area contributed by atoms with Gasteiger partial charge in [0.1, 0.15) is 0 Å². The van der Waals surface area contributed by atoms with E-state index in [9.17, 15) is 0 Å². The van der Waals surface area contributed by atoms with Gasteiger partial charge in [-0.1, -0.05) is 42.5 Å². The van der Waals surface area contributed by atoms with Crippen LogP contribution < -0.4 is 0 Å². The Morgan fingerprint density at radius 1 is 1.14 bits per heavy atom. The van der Waals surface area contributed by atoms with E-state index in [1.165, 1.54) is 5.56 Å². The van der Waals surface area contributed by atoms with Crippen molar-refractivity contribution < 1.29 is 4.74 Å². The van der Waals surface area contributed by atoms with Crippen LogP contribution in [0.15, 0.2) is 36.9 Å². The molecule has 0 fully saturated rings. The normalized spacial score (nSPS) is 8.79. The number of ether oxygens (including phenoxy) is 1. The van der Waals surface area contributed by atoms with Gasteiger partial charge < -0.3 is 4.74 Å². The van der Waals surface area contributed by atoms with Gasteiger partial charge in [0.25, 0.3) is 0 Å². The third-order valence-corrected chi connectivity index (χ3v) is 1.67. The van der Waals surface area contributed by atoms with E-state index < -0.39 is 0 Å².